The molecule has 5 nitrogen and oxygen atoms in total. The molecule has 0 bridgehead atoms. The van der Waals surface area contributed by atoms with Crippen molar-refractivity contribution >= 4 is 63.7 Å². The molecule has 118 valence electrons. The standard InChI is InChI=1S/C14H9Cl2FN4OS/c15-8-3-6(4-9(16)11(8)18)19-13(22)7-1-5(17)2-10-12(7)21-14(23)20-10/h1-4H,18H2,(H,19,22)(H2,20,21,23). The van der Waals surface area contributed by atoms with Crippen molar-refractivity contribution in [3.05, 3.63) is 50.5 Å². The average molecular weight is 371 g/mol. The highest BCUT2D eigenvalue weighted by molar-refractivity contribution is 7.71. The van der Waals surface area contributed by atoms with Gasteiger partial charge in [0.05, 0.1) is 32.3 Å². The SMILES string of the molecule is Nc1c(Cl)cc(NC(=O)c2cc(F)cc3[nH]c(=S)[nH]c23)cc1Cl. The highest BCUT2D eigenvalue weighted by Gasteiger charge is 2.15. The quantitative estimate of drug-likeness (QED) is 0.395. The summed E-state index contributed by atoms with van der Waals surface area (Å²) in [4.78, 5) is 18.0. The van der Waals surface area contributed by atoms with Gasteiger partial charge in [-0.2, -0.15) is 0 Å². The van der Waals surface area contributed by atoms with Gasteiger partial charge in [0, 0.05) is 5.69 Å². The van der Waals surface area contributed by atoms with Crippen LogP contribution in [0.2, 0.25) is 10.0 Å². The third-order valence-corrected chi connectivity index (χ3v) is 4.00. The van der Waals surface area contributed by atoms with Crippen LogP contribution in [-0.4, -0.2) is 15.9 Å². The summed E-state index contributed by atoms with van der Waals surface area (Å²) in [5.74, 6) is -1.11. The molecule has 0 unspecified atom stereocenters. The molecular formula is C14H9Cl2FN4OS. The maximum absolute atomic E-state index is 13.7. The van der Waals surface area contributed by atoms with Crippen LogP contribution in [0.3, 0.4) is 0 Å². The predicted octanol–water partition coefficient (Wildman–Crippen LogP) is 4.51. The van der Waals surface area contributed by atoms with E-state index in [-0.39, 0.29) is 21.3 Å². The summed E-state index contributed by atoms with van der Waals surface area (Å²) in [7, 11) is 0. The molecule has 5 N–H and O–H groups in total. The maximum atomic E-state index is 13.7. The highest BCUT2D eigenvalue weighted by atomic mass is 35.5. The summed E-state index contributed by atoms with van der Waals surface area (Å²) in [5, 5.41) is 3.01. The van der Waals surface area contributed by atoms with Crippen molar-refractivity contribution in [3.8, 4) is 0 Å². The number of carbonyl (C=O) groups excluding carboxylic acids is 1. The smallest absolute Gasteiger partial charge is 0.257 e. The number of rotatable bonds is 2. The van der Waals surface area contributed by atoms with Gasteiger partial charge in [-0.15, -0.1) is 0 Å². The van der Waals surface area contributed by atoms with E-state index in [0.29, 0.717) is 21.5 Å². The van der Waals surface area contributed by atoms with E-state index in [4.69, 9.17) is 41.2 Å². The number of nitrogens with one attached hydrogen (secondary N) is 3. The molecule has 0 saturated heterocycles. The Bertz CT molecular complexity index is 975. The first-order chi connectivity index (χ1) is 10.8. The van der Waals surface area contributed by atoms with Crippen LogP contribution >= 0.6 is 35.4 Å². The first kappa shape index (κ1) is 15.8. The van der Waals surface area contributed by atoms with Gasteiger partial charge in [-0.05, 0) is 36.5 Å². The molecule has 1 aromatic heterocycles. The van der Waals surface area contributed by atoms with Crippen LogP contribution in [0.15, 0.2) is 24.3 Å². The Kier molecular flexibility index (Phi) is 4.01. The van der Waals surface area contributed by atoms with E-state index in [1.807, 2.05) is 0 Å². The molecule has 1 amide bonds. The van der Waals surface area contributed by atoms with Gasteiger partial charge in [0.2, 0.25) is 0 Å². The van der Waals surface area contributed by atoms with Crippen LogP contribution in [0, 0.1) is 10.6 Å². The Balaban J connectivity index is 2.03. The number of carbonyl (C=O) groups is 1. The number of amides is 1. The third kappa shape index (κ3) is 3.03. The number of aromatic amines is 2. The van der Waals surface area contributed by atoms with Crippen molar-refractivity contribution in [1.29, 1.82) is 0 Å². The Morgan fingerprint density at radius 2 is 1.83 bits per heavy atom. The second kappa shape index (κ2) is 5.84. The number of imidazole rings is 1. The van der Waals surface area contributed by atoms with E-state index in [0.717, 1.165) is 6.07 Å². The number of hydrogen-bond acceptors (Lipinski definition) is 3. The predicted molar refractivity (Wildman–Crippen MR) is 92.3 cm³/mol. The monoisotopic (exact) mass is 370 g/mol. The van der Waals surface area contributed by atoms with Crippen LogP contribution in [0.25, 0.3) is 11.0 Å². The number of nitrogens with two attached hydrogens (primary N) is 1. The molecule has 2 aromatic carbocycles. The van der Waals surface area contributed by atoms with E-state index in [1.165, 1.54) is 18.2 Å². The van der Waals surface area contributed by atoms with Crippen LogP contribution in [-0.2, 0) is 0 Å². The second-order valence-electron chi connectivity index (χ2n) is 4.76. The summed E-state index contributed by atoms with van der Waals surface area (Å²) < 4.78 is 14.0. The second-order valence-corrected chi connectivity index (χ2v) is 5.99. The van der Waals surface area contributed by atoms with E-state index in [2.05, 4.69) is 15.3 Å². The molecule has 0 aliphatic carbocycles. The van der Waals surface area contributed by atoms with Gasteiger partial charge in [-0.3, -0.25) is 4.79 Å². The van der Waals surface area contributed by atoms with Crippen LogP contribution in [0.5, 0.6) is 0 Å². The Morgan fingerprint density at radius 1 is 1.17 bits per heavy atom. The molecule has 1 heterocycles. The van der Waals surface area contributed by atoms with Crippen molar-refractivity contribution in [2.75, 3.05) is 11.1 Å². The van der Waals surface area contributed by atoms with E-state index >= 15 is 0 Å². The minimum absolute atomic E-state index is 0.0939. The van der Waals surface area contributed by atoms with Gasteiger partial charge in [0.1, 0.15) is 5.82 Å². The van der Waals surface area contributed by atoms with Gasteiger partial charge >= 0.3 is 0 Å². The Hall–Kier alpha value is -2.09. The molecule has 23 heavy (non-hydrogen) atoms. The number of fused-ring (bicyclic) bond motifs is 1. The molecule has 0 fully saturated rings. The first-order valence-electron chi connectivity index (χ1n) is 6.32. The molecule has 3 aromatic rings. The van der Waals surface area contributed by atoms with Crippen molar-refractivity contribution in [2.45, 2.75) is 0 Å². The van der Waals surface area contributed by atoms with E-state index < -0.39 is 11.7 Å². The van der Waals surface area contributed by atoms with Crippen LogP contribution < -0.4 is 11.1 Å². The number of H-pyrrole nitrogens is 2. The fourth-order valence-electron chi connectivity index (χ4n) is 2.14. The van der Waals surface area contributed by atoms with Gasteiger partial charge in [0.25, 0.3) is 5.91 Å². The third-order valence-electron chi connectivity index (χ3n) is 3.17. The summed E-state index contributed by atoms with van der Waals surface area (Å²) >= 11 is 16.8. The van der Waals surface area contributed by atoms with Gasteiger partial charge in [0.15, 0.2) is 4.77 Å². The number of benzene rings is 2. The molecule has 3 rings (SSSR count). The normalized spacial score (nSPS) is 10.9. The van der Waals surface area contributed by atoms with Crippen LogP contribution in [0.4, 0.5) is 15.8 Å². The lowest BCUT2D eigenvalue weighted by Gasteiger charge is -2.09. The molecule has 0 spiro atoms. The first-order valence-corrected chi connectivity index (χ1v) is 7.49. The summed E-state index contributed by atoms with van der Waals surface area (Å²) in [5.41, 5.74) is 7.09. The number of anilines is 2. The fraction of sp³-hybridized carbons (Fsp3) is 0. The zero-order valence-corrected chi connectivity index (χ0v) is 13.7. The number of nitrogen functional groups attached to an aromatic ring is 1. The summed E-state index contributed by atoms with van der Waals surface area (Å²) in [6, 6.07) is 5.26. The van der Waals surface area contributed by atoms with Crippen molar-refractivity contribution in [1.82, 2.24) is 9.97 Å². The zero-order chi connectivity index (χ0) is 16.7. The molecule has 0 saturated carbocycles. The summed E-state index contributed by atoms with van der Waals surface area (Å²) in [6.07, 6.45) is 0. The average Bonchev–Trinajstić information content (AvgIpc) is 2.83. The molecule has 0 atom stereocenters. The minimum Gasteiger partial charge on any atom is -0.396 e. The number of halogens is 3. The van der Waals surface area contributed by atoms with Gasteiger partial charge < -0.3 is 21.0 Å². The maximum Gasteiger partial charge on any atom is 0.257 e. The van der Waals surface area contributed by atoms with Gasteiger partial charge in [-0.25, -0.2) is 4.39 Å². The largest absolute Gasteiger partial charge is 0.396 e. The lowest BCUT2D eigenvalue weighted by Crippen LogP contribution is -2.13. The lowest BCUT2D eigenvalue weighted by atomic mass is 10.1. The Labute approximate surface area is 144 Å². The van der Waals surface area contributed by atoms with Crippen molar-refractivity contribution in [3.63, 3.8) is 0 Å². The highest BCUT2D eigenvalue weighted by Crippen LogP contribution is 2.31. The zero-order valence-electron chi connectivity index (χ0n) is 11.3. The van der Waals surface area contributed by atoms with Crippen LogP contribution in [0.1, 0.15) is 10.4 Å². The number of hydrogen-bond donors (Lipinski definition) is 4. The number of aromatic nitrogens is 2. The molecule has 0 radical (unpaired) electrons. The van der Waals surface area contributed by atoms with E-state index in [9.17, 15) is 9.18 Å². The Morgan fingerprint density at radius 3 is 2.48 bits per heavy atom. The van der Waals surface area contributed by atoms with Crippen molar-refractivity contribution < 1.29 is 9.18 Å². The van der Waals surface area contributed by atoms with E-state index in [1.54, 1.807) is 0 Å². The molecule has 0 aliphatic rings. The summed E-state index contributed by atoms with van der Waals surface area (Å²) in [6.45, 7) is 0. The van der Waals surface area contributed by atoms with Gasteiger partial charge in [-0.1, -0.05) is 23.2 Å². The minimum atomic E-state index is -0.568. The van der Waals surface area contributed by atoms with Crippen molar-refractivity contribution in [2.24, 2.45) is 0 Å². The fourth-order valence-corrected chi connectivity index (χ4v) is 2.84. The molecule has 0 aliphatic heterocycles. The molecule has 9 heteroatoms. The molecular weight excluding hydrogens is 362 g/mol. The topological polar surface area (TPSA) is 86.7 Å². The lowest BCUT2D eigenvalue weighted by molar-refractivity contribution is 0.102.